The van der Waals surface area contributed by atoms with E-state index in [1.807, 2.05) is 4.90 Å². The third-order valence-corrected chi connectivity index (χ3v) is 10.3. The SMILES string of the molecule is CC(C)OC(=O)[C@@H](Cc1cc2ccnc(N)c2cc1OC(F)(F)F)N1CC[C@H](NS(=O)(=O)c2cnc(N3CCCC3)s2)C1=O. The number of rotatable bonds is 10. The Morgan fingerprint density at radius 1 is 1.20 bits per heavy atom. The van der Waals surface area contributed by atoms with Gasteiger partial charge in [0.05, 0.1) is 12.3 Å². The van der Waals surface area contributed by atoms with E-state index < -0.39 is 58.6 Å². The second-order valence-electron chi connectivity index (χ2n) is 10.8. The van der Waals surface area contributed by atoms with Crippen molar-refractivity contribution < 1.29 is 40.7 Å². The summed E-state index contributed by atoms with van der Waals surface area (Å²) in [5.74, 6) is -2.21. The summed E-state index contributed by atoms with van der Waals surface area (Å²) in [7, 11) is -4.14. The third-order valence-electron chi connectivity index (χ3n) is 7.27. The number of hydrogen-bond acceptors (Lipinski definition) is 11. The normalized spacial score (nSPS) is 18.4. The molecule has 0 radical (unpaired) electrons. The predicted molar refractivity (Wildman–Crippen MR) is 156 cm³/mol. The number of benzene rings is 1. The van der Waals surface area contributed by atoms with E-state index in [2.05, 4.69) is 19.4 Å². The van der Waals surface area contributed by atoms with Crippen LogP contribution >= 0.6 is 11.3 Å². The van der Waals surface area contributed by atoms with E-state index in [1.54, 1.807) is 13.8 Å². The molecule has 0 spiro atoms. The summed E-state index contributed by atoms with van der Waals surface area (Å²) in [4.78, 5) is 38.1. The Hall–Kier alpha value is -3.70. The van der Waals surface area contributed by atoms with Crippen molar-refractivity contribution in [2.75, 3.05) is 30.3 Å². The first kappa shape index (κ1) is 31.7. The number of alkyl halides is 3. The minimum atomic E-state index is -5.06. The van der Waals surface area contributed by atoms with Crippen molar-refractivity contribution in [2.45, 2.75) is 68.3 Å². The fourth-order valence-electron chi connectivity index (χ4n) is 5.29. The van der Waals surface area contributed by atoms with Gasteiger partial charge in [-0.3, -0.25) is 4.79 Å². The van der Waals surface area contributed by atoms with Crippen LogP contribution in [0.4, 0.5) is 24.1 Å². The molecular formula is C27H31F3N6O6S2. The number of nitrogens with zero attached hydrogens (tertiary/aromatic N) is 4. The quantitative estimate of drug-likeness (QED) is 0.311. The number of anilines is 2. The summed E-state index contributed by atoms with van der Waals surface area (Å²) in [6, 6.07) is 1.41. The molecule has 2 aliphatic rings. The van der Waals surface area contributed by atoms with Crippen LogP contribution in [0.15, 0.2) is 34.8 Å². The molecule has 0 bridgehead atoms. The van der Waals surface area contributed by atoms with Crippen LogP contribution in [0.3, 0.4) is 0 Å². The monoisotopic (exact) mass is 656 g/mol. The minimum Gasteiger partial charge on any atom is -0.461 e. The Labute approximate surface area is 255 Å². The maximum atomic E-state index is 13.6. The molecular weight excluding hydrogens is 625 g/mol. The second-order valence-corrected chi connectivity index (χ2v) is 13.7. The Kier molecular flexibility index (Phi) is 8.91. The first-order valence-corrected chi connectivity index (χ1v) is 16.2. The molecule has 3 aromatic rings. The summed E-state index contributed by atoms with van der Waals surface area (Å²) in [5, 5.41) is 1.22. The Morgan fingerprint density at radius 2 is 1.93 bits per heavy atom. The zero-order valence-electron chi connectivity index (χ0n) is 23.8. The number of nitrogens with one attached hydrogen (secondary N) is 1. The molecule has 44 heavy (non-hydrogen) atoms. The standard InChI is InChI=1S/C27H31F3N6O6S2/c1-15(2)41-25(38)20(12-17-11-16-5-7-32-23(31)18(16)13-21(17)42-27(28,29)30)36-10-6-19(24(36)37)34-44(39,40)22-14-33-26(43-22)35-8-3-4-9-35/h5,7,11,13-15,19-20,34H,3-4,6,8-10,12H2,1-2H3,(H2,31,32)/t19-,20+/m0/s1. The molecule has 0 aliphatic carbocycles. The number of thiazole rings is 1. The van der Waals surface area contributed by atoms with E-state index in [0.29, 0.717) is 10.5 Å². The molecule has 12 nitrogen and oxygen atoms in total. The molecule has 0 saturated carbocycles. The summed E-state index contributed by atoms with van der Waals surface area (Å²) in [6.07, 6.45) is -1.45. The van der Waals surface area contributed by atoms with Crippen LogP contribution in [0.1, 0.15) is 38.7 Å². The molecule has 238 valence electrons. The van der Waals surface area contributed by atoms with Gasteiger partial charge in [0.2, 0.25) is 5.91 Å². The fraction of sp³-hybridized carbons (Fsp3) is 0.481. The minimum absolute atomic E-state index is 0.0184. The molecule has 2 aromatic heterocycles. The highest BCUT2D eigenvalue weighted by Crippen LogP contribution is 2.35. The van der Waals surface area contributed by atoms with Crippen LogP contribution < -0.4 is 20.1 Å². The van der Waals surface area contributed by atoms with Crippen molar-refractivity contribution in [1.82, 2.24) is 19.6 Å². The van der Waals surface area contributed by atoms with Crippen LogP contribution in [-0.2, 0) is 30.8 Å². The molecule has 2 aliphatic heterocycles. The van der Waals surface area contributed by atoms with Gasteiger partial charge in [-0.25, -0.2) is 23.2 Å². The lowest BCUT2D eigenvalue weighted by atomic mass is 10.00. The molecule has 0 unspecified atom stereocenters. The number of nitrogen functional groups attached to an aromatic ring is 1. The molecule has 17 heteroatoms. The lowest BCUT2D eigenvalue weighted by Gasteiger charge is -2.28. The number of pyridine rings is 1. The van der Waals surface area contributed by atoms with Gasteiger partial charge in [-0.1, -0.05) is 11.3 Å². The van der Waals surface area contributed by atoms with Crippen LogP contribution in [0.2, 0.25) is 0 Å². The fourth-order valence-corrected chi connectivity index (χ4v) is 7.70. The number of fused-ring (bicyclic) bond motifs is 1. The molecule has 2 saturated heterocycles. The van der Waals surface area contributed by atoms with Crippen LogP contribution in [-0.4, -0.2) is 79.3 Å². The summed E-state index contributed by atoms with van der Waals surface area (Å²) >= 11 is 0.996. The zero-order valence-corrected chi connectivity index (χ0v) is 25.5. The molecule has 3 N–H and O–H groups in total. The van der Waals surface area contributed by atoms with Crippen molar-refractivity contribution in [3.8, 4) is 5.75 Å². The Balaban J connectivity index is 1.41. The number of amides is 1. The largest absolute Gasteiger partial charge is 0.573 e. The van der Waals surface area contributed by atoms with Crippen LogP contribution in [0.25, 0.3) is 10.8 Å². The number of halogens is 3. The maximum absolute atomic E-state index is 13.6. The molecule has 2 fully saturated rings. The first-order valence-electron chi connectivity index (χ1n) is 13.9. The average molecular weight is 657 g/mol. The molecule has 1 aromatic carbocycles. The molecule has 4 heterocycles. The smallest absolute Gasteiger partial charge is 0.461 e. The number of aromatic nitrogens is 2. The summed E-state index contributed by atoms with van der Waals surface area (Å²) < 4.78 is 78.6. The number of carbonyl (C=O) groups excluding carboxylic acids is 2. The van der Waals surface area contributed by atoms with E-state index in [4.69, 9.17) is 10.5 Å². The van der Waals surface area contributed by atoms with E-state index in [1.165, 1.54) is 24.5 Å². The van der Waals surface area contributed by atoms with Gasteiger partial charge in [-0.05, 0) is 62.3 Å². The number of ether oxygens (including phenoxy) is 2. The summed E-state index contributed by atoms with van der Waals surface area (Å²) in [6.45, 7) is 4.69. The Morgan fingerprint density at radius 3 is 2.61 bits per heavy atom. The highest BCUT2D eigenvalue weighted by atomic mass is 32.2. The van der Waals surface area contributed by atoms with Gasteiger partial charge in [0, 0.05) is 37.6 Å². The number of esters is 1. The van der Waals surface area contributed by atoms with Gasteiger partial charge in [0.15, 0.2) is 9.34 Å². The van der Waals surface area contributed by atoms with Gasteiger partial charge < -0.3 is 25.0 Å². The molecule has 2 atom stereocenters. The van der Waals surface area contributed by atoms with Crippen molar-refractivity contribution in [1.29, 1.82) is 0 Å². The van der Waals surface area contributed by atoms with Crippen molar-refractivity contribution >= 4 is 55.0 Å². The van der Waals surface area contributed by atoms with Crippen LogP contribution in [0.5, 0.6) is 5.75 Å². The van der Waals surface area contributed by atoms with Gasteiger partial charge in [-0.2, -0.15) is 4.72 Å². The molecule has 5 rings (SSSR count). The zero-order chi connectivity index (χ0) is 31.8. The number of carbonyl (C=O) groups is 2. The van der Waals surface area contributed by atoms with Gasteiger partial charge >= 0.3 is 12.3 Å². The van der Waals surface area contributed by atoms with E-state index in [0.717, 1.165) is 48.2 Å². The predicted octanol–water partition coefficient (Wildman–Crippen LogP) is 3.21. The number of nitrogens with two attached hydrogens (primary N) is 1. The van der Waals surface area contributed by atoms with Crippen molar-refractivity contribution in [3.05, 3.63) is 36.2 Å². The van der Waals surface area contributed by atoms with E-state index in [9.17, 15) is 31.2 Å². The van der Waals surface area contributed by atoms with Gasteiger partial charge in [0.1, 0.15) is 23.7 Å². The number of hydrogen-bond donors (Lipinski definition) is 2. The molecule has 1 amide bonds. The van der Waals surface area contributed by atoms with E-state index >= 15 is 0 Å². The lowest BCUT2D eigenvalue weighted by Crippen LogP contribution is -2.49. The highest BCUT2D eigenvalue weighted by molar-refractivity contribution is 7.91. The topological polar surface area (TPSA) is 157 Å². The number of likely N-dealkylation sites (tertiary alicyclic amines) is 1. The van der Waals surface area contributed by atoms with Crippen molar-refractivity contribution in [2.24, 2.45) is 0 Å². The van der Waals surface area contributed by atoms with E-state index in [-0.39, 0.29) is 33.9 Å². The van der Waals surface area contributed by atoms with Gasteiger partial charge in [-0.15, -0.1) is 13.2 Å². The first-order chi connectivity index (χ1) is 20.7. The Bertz CT molecular complexity index is 1660. The summed E-state index contributed by atoms with van der Waals surface area (Å²) in [5.41, 5.74) is 5.83. The second kappa shape index (κ2) is 12.4. The van der Waals surface area contributed by atoms with Gasteiger partial charge in [0.25, 0.3) is 10.0 Å². The maximum Gasteiger partial charge on any atom is 0.573 e. The van der Waals surface area contributed by atoms with Crippen molar-refractivity contribution in [3.63, 3.8) is 0 Å². The van der Waals surface area contributed by atoms with Crippen LogP contribution in [0, 0.1) is 0 Å². The highest BCUT2D eigenvalue weighted by Gasteiger charge is 2.43. The average Bonchev–Trinajstić information content (AvgIpc) is 3.69. The third kappa shape index (κ3) is 6.99. The lowest BCUT2D eigenvalue weighted by molar-refractivity contribution is -0.274. The number of sulfonamides is 1.